The third-order valence-corrected chi connectivity index (χ3v) is 4.55. The van der Waals surface area contributed by atoms with Crippen molar-refractivity contribution < 1.29 is 4.74 Å². The van der Waals surface area contributed by atoms with Gasteiger partial charge in [0.15, 0.2) is 5.82 Å². The summed E-state index contributed by atoms with van der Waals surface area (Å²) in [7, 11) is 0. The van der Waals surface area contributed by atoms with Crippen molar-refractivity contribution in [3.05, 3.63) is 66.4 Å². The molecular weight excluding hydrogens is 366 g/mol. The lowest BCUT2D eigenvalue weighted by Crippen LogP contribution is -2.07. The van der Waals surface area contributed by atoms with Crippen molar-refractivity contribution in [1.29, 1.82) is 0 Å². The van der Waals surface area contributed by atoms with Gasteiger partial charge in [-0.1, -0.05) is 31.2 Å². The fourth-order valence-corrected chi connectivity index (χ4v) is 3.12. The molecule has 0 saturated heterocycles. The lowest BCUT2D eigenvalue weighted by molar-refractivity contribution is 0.124. The molecule has 4 aromatic rings. The van der Waals surface area contributed by atoms with E-state index in [4.69, 9.17) is 9.84 Å². The average Bonchev–Trinajstić information content (AvgIpc) is 3.43. The van der Waals surface area contributed by atoms with E-state index in [2.05, 4.69) is 63.0 Å². The number of ether oxygens (including phenoxy) is 1. The Bertz CT molecular complexity index is 1010. The Morgan fingerprint density at radius 2 is 1.83 bits per heavy atom. The third kappa shape index (κ3) is 4.72. The maximum Gasteiger partial charge on any atom is 0.152 e. The van der Waals surface area contributed by atoms with Crippen LogP contribution in [0.5, 0.6) is 0 Å². The molecule has 0 saturated carbocycles. The number of nitrogens with zero attached hydrogens (tertiary/aromatic N) is 6. The molecule has 3 aromatic heterocycles. The van der Waals surface area contributed by atoms with Gasteiger partial charge in [-0.3, -0.25) is 9.67 Å². The number of benzene rings is 1. The minimum Gasteiger partial charge on any atom is -0.380 e. The summed E-state index contributed by atoms with van der Waals surface area (Å²) in [6.07, 6.45) is 7.34. The van der Waals surface area contributed by atoms with Crippen LogP contribution in [0.2, 0.25) is 0 Å². The van der Waals surface area contributed by atoms with Crippen molar-refractivity contribution in [1.82, 2.24) is 35.4 Å². The summed E-state index contributed by atoms with van der Waals surface area (Å²) in [4.78, 5) is 4.12. The van der Waals surface area contributed by atoms with Gasteiger partial charge in [0.25, 0.3) is 0 Å². The molecule has 0 aliphatic rings. The van der Waals surface area contributed by atoms with Crippen LogP contribution < -0.4 is 0 Å². The molecule has 0 aliphatic carbocycles. The van der Waals surface area contributed by atoms with Crippen LogP contribution in [-0.4, -0.2) is 48.6 Å². The third-order valence-electron chi connectivity index (χ3n) is 4.55. The Labute approximate surface area is 169 Å². The number of H-pyrrole nitrogens is 1. The van der Waals surface area contributed by atoms with Gasteiger partial charge in [0, 0.05) is 42.7 Å². The molecule has 0 aliphatic heterocycles. The van der Waals surface area contributed by atoms with Crippen molar-refractivity contribution in [2.75, 3.05) is 13.2 Å². The highest BCUT2D eigenvalue weighted by Crippen LogP contribution is 2.31. The lowest BCUT2D eigenvalue weighted by atomic mass is 10.0. The quantitative estimate of drug-likeness (QED) is 0.442. The van der Waals surface area contributed by atoms with E-state index in [0.717, 1.165) is 46.8 Å². The second-order valence-electron chi connectivity index (χ2n) is 6.72. The highest BCUT2D eigenvalue weighted by atomic mass is 16.5. The largest absolute Gasteiger partial charge is 0.380 e. The molecule has 1 N–H and O–H groups in total. The molecule has 0 unspecified atom stereocenters. The van der Waals surface area contributed by atoms with Gasteiger partial charge >= 0.3 is 0 Å². The van der Waals surface area contributed by atoms with Gasteiger partial charge in [-0.2, -0.15) is 5.10 Å². The van der Waals surface area contributed by atoms with E-state index in [1.165, 1.54) is 0 Å². The van der Waals surface area contributed by atoms with E-state index in [1.807, 2.05) is 16.8 Å². The SMILES string of the molecule is CCCOCCn1cc(-c2ccc(Cc3nnn[nH]3)cc2)c(-c2ccncc2)n1. The first-order chi connectivity index (χ1) is 14.3. The molecule has 4 rings (SSSR count). The van der Waals surface area contributed by atoms with Crippen molar-refractivity contribution in [3.63, 3.8) is 0 Å². The first kappa shape index (κ1) is 18.9. The topological polar surface area (TPSA) is 94.4 Å². The first-order valence-electron chi connectivity index (χ1n) is 9.71. The maximum atomic E-state index is 5.62. The van der Waals surface area contributed by atoms with Crippen LogP contribution in [0, 0.1) is 0 Å². The van der Waals surface area contributed by atoms with Crippen LogP contribution in [0.4, 0.5) is 0 Å². The van der Waals surface area contributed by atoms with Gasteiger partial charge < -0.3 is 4.74 Å². The van der Waals surface area contributed by atoms with Crippen LogP contribution in [-0.2, 0) is 17.7 Å². The average molecular weight is 389 g/mol. The van der Waals surface area contributed by atoms with Crippen LogP contribution in [0.15, 0.2) is 55.0 Å². The standard InChI is InChI=1S/C21H23N7O/c1-2-12-29-13-11-28-15-19(21(25-28)18-7-9-22-10-8-18)17-5-3-16(4-6-17)14-20-23-26-27-24-20/h3-10,15H,2,11-14H2,1H3,(H,23,24,26,27). The van der Waals surface area contributed by atoms with E-state index in [0.29, 0.717) is 19.6 Å². The summed E-state index contributed by atoms with van der Waals surface area (Å²) in [5.74, 6) is 0.745. The Hall–Kier alpha value is -3.39. The molecule has 0 fully saturated rings. The number of hydrogen-bond donors (Lipinski definition) is 1. The predicted octanol–water partition coefficient (Wildman–Crippen LogP) is 3.14. The molecule has 0 amide bonds. The summed E-state index contributed by atoms with van der Waals surface area (Å²) in [5.41, 5.74) is 5.31. The molecule has 0 radical (unpaired) electrons. The van der Waals surface area contributed by atoms with Crippen molar-refractivity contribution >= 4 is 0 Å². The van der Waals surface area contributed by atoms with Crippen molar-refractivity contribution in [3.8, 4) is 22.4 Å². The second-order valence-corrected chi connectivity index (χ2v) is 6.72. The van der Waals surface area contributed by atoms with Crippen LogP contribution in [0.1, 0.15) is 24.7 Å². The van der Waals surface area contributed by atoms with E-state index < -0.39 is 0 Å². The smallest absolute Gasteiger partial charge is 0.152 e. The Balaban J connectivity index is 1.59. The normalized spacial score (nSPS) is 11.1. The zero-order valence-electron chi connectivity index (χ0n) is 16.3. The number of hydrogen-bond acceptors (Lipinski definition) is 6. The predicted molar refractivity (Wildman–Crippen MR) is 109 cm³/mol. The molecule has 0 atom stereocenters. The van der Waals surface area contributed by atoms with Crippen LogP contribution in [0.3, 0.4) is 0 Å². The number of tetrazole rings is 1. The van der Waals surface area contributed by atoms with Gasteiger partial charge in [0.05, 0.1) is 13.2 Å². The fourth-order valence-electron chi connectivity index (χ4n) is 3.12. The summed E-state index contributed by atoms with van der Waals surface area (Å²) in [6, 6.07) is 12.4. The molecule has 8 heteroatoms. The summed E-state index contributed by atoms with van der Waals surface area (Å²) >= 11 is 0. The number of aromatic nitrogens is 7. The fraction of sp³-hybridized carbons (Fsp3) is 0.286. The van der Waals surface area contributed by atoms with Gasteiger partial charge in [-0.05, 0) is 40.1 Å². The minimum atomic E-state index is 0.648. The Kier molecular flexibility index (Phi) is 6.01. The van der Waals surface area contributed by atoms with Crippen molar-refractivity contribution in [2.45, 2.75) is 26.3 Å². The first-order valence-corrected chi connectivity index (χ1v) is 9.71. The molecule has 1 aromatic carbocycles. The molecule has 0 bridgehead atoms. The lowest BCUT2D eigenvalue weighted by Gasteiger charge is -2.04. The zero-order valence-corrected chi connectivity index (χ0v) is 16.3. The van der Waals surface area contributed by atoms with Gasteiger partial charge in [0.1, 0.15) is 5.69 Å². The second kappa shape index (κ2) is 9.20. The number of nitrogens with one attached hydrogen (secondary N) is 1. The number of rotatable bonds is 9. The van der Waals surface area contributed by atoms with Gasteiger partial charge in [-0.25, -0.2) is 5.10 Å². The van der Waals surface area contributed by atoms with Crippen LogP contribution in [0.25, 0.3) is 22.4 Å². The number of aromatic amines is 1. The minimum absolute atomic E-state index is 0.648. The van der Waals surface area contributed by atoms with E-state index in [-0.39, 0.29) is 0 Å². The molecule has 8 nitrogen and oxygen atoms in total. The zero-order chi connectivity index (χ0) is 19.9. The maximum absolute atomic E-state index is 5.62. The molecular formula is C21H23N7O. The van der Waals surface area contributed by atoms with E-state index in [1.54, 1.807) is 12.4 Å². The molecule has 148 valence electrons. The Morgan fingerprint density at radius 1 is 1.00 bits per heavy atom. The highest BCUT2D eigenvalue weighted by Gasteiger charge is 2.13. The molecule has 0 spiro atoms. The summed E-state index contributed by atoms with van der Waals surface area (Å²) in [5, 5.41) is 18.8. The monoisotopic (exact) mass is 389 g/mol. The van der Waals surface area contributed by atoms with Gasteiger partial charge in [0.2, 0.25) is 0 Å². The van der Waals surface area contributed by atoms with E-state index in [9.17, 15) is 0 Å². The van der Waals surface area contributed by atoms with Crippen LogP contribution >= 0.6 is 0 Å². The highest BCUT2D eigenvalue weighted by molar-refractivity contribution is 5.80. The van der Waals surface area contributed by atoms with Gasteiger partial charge in [-0.15, -0.1) is 5.10 Å². The van der Waals surface area contributed by atoms with Crippen molar-refractivity contribution in [2.24, 2.45) is 0 Å². The number of pyridine rings is 1. The molecule has 3 heterocycles. The summed E-state index contributed by atoms with van der Waals surface area (Å²) < 4.78 is 7.58. The van der Waals surface area contributed by atoms with E-state index >= 15 is 0 Å². The summed E-state index contributed by atoms with van der Waals surface area (Å²) in [6.45, 7) is 4.24. The molecule has 29 heavy (non-hydrogen) atoms. The Morgan fingerprint density at radius 3 is 2.55 bits per heavy atom.